The summed E-state index contributed by atoms with van der Waals surface area (Å²) in [5.41, 5.74) is 5.40. The minimum absolute atomic E-state index is 0.257. The van der Waals surface area contributed by atoms with Crippen LogP contribution in [0.15, 0.2) is 48.5 Å². The summed E-state index contributed by atoms with van der Waals surface area (Å²) in [5, 5.41) is 6.09. The highest BCUT2D eigenvalue weighted by Gasteiger charge is 2.07. The fourth-order valence-corrected chi connectivity index (χ4v) is 3.26. The van der Waals surface area contributed by atoms with Gasteiger partial charge in [-0.3, -0.25) is 10.1 Å². The fourth-order valence-electron chi connectivity index (χ4n) is 3.04. The van der Waals surface area contributed by atoms with Gasteiger partial charge in [0.05, 0.1) is 0 Å². The number of nitrogens with one attached hydrogen (secondary N) is 2. The number of aryl methyl sites for hydroxylation is 1. The second kappa shape index (κ2) is 10.8. The van der Waals surface area contributed by atoms with Gasteiger partial charge in [0.25, 0.3) is 0 Å². The van der Waals surface area contributed by atoms with Crippen molar-refractivity contribution in [1.82, 2.24) is 5.32 Å². The zero-order valence-electron chi connectivity index (χ0n) is 18.0. The maximum Gasteiger partial charge on any atom is 0.250 e. The van der Waals surface area contributed by atoms with Crippen molar-refractivity contribution in [2.75, 3.05) is 23.3 Å². The number of anilines is 2. The number of thiocarbonyl (C=S) groups is 1. The summed E-state index contributed by atoms with van der Waals surface area (Å²) in [6, 6.07) is 14.4. The first kappa shape index (κ1) is 22.6. The van der Waals surface area contributed by atoms with E-state index in [0.717, 1.165) is 29.9 Å². The van der Waals surface area contributed by atoms with Crippen LogP contribution in [0.5, 0.6) is 0 Å². The van der Waals surface area contributed by atoms with Crippen LogP contribution in [0.1, 0.15) is 50.3 Å². The molecule has 154 valence electrons. The number of carbonyl (C=O) groups excluding carboxylic acids is 1. The van der Waals surface area contributed by atoms with Gasteiger partial charge in [-0.05, 0) is 79.9 Å². The van der Waals surface area contributed by atoms with Gasteiger partial charge in [0, 0.05) is 30.5 Å². The zero-order chi connectivity index (χ0) is 21.4. The molecule has 5 heteroatoms. The molecule has 0 saturated heterocycles. The molecule has 0 fully saturated rings. The number of benzene rings is 2. The fraction of sp³-hybridized carbons (Fsp3) is 0.333. The van der Waals surface area contributed by atoms with Crippen LogP contribution in [-0.4, -0.2) is 24.1 Å². The Morgan fingerprint density at radius 3 is 2.31 bits per heavy atom. The van der Waals surface area contributed by atoms with Gasteiger partial charge in [-0.2, -0.15) is 0 Å². The number of amides is 1. The molecule has 2 N–H and O–H groups in total. The molecule has 0 heterocycles. The van der Waals surface area contributed by atoms with Gasteiger partial charge in [0.15, 0.2) is 5.11 Å². The van der Waals surface area contributed by atoms with Crippen molar-refractivity contribution in [3.05, 3.63) is 65.2 Å². The Labute approximate surface area is 180 Å². The molecule has 2 aromatic rings. The molecular formula is C24H31N3OS. The van der Waals surface area contributed by atoms with E-state index < -0.39 is 0 Å². The molecule has 0 atom stereocenters. The van der Waals surface area contributed by atoms with Gasteiger partial charge in [-0.1, -0.05) is 38.1 Å². The molecule has 0 spiro atoms. The molecule has 0 bridgehead atoms. The summed E-state index contributed by atoms with van der Waals surface area (Å²) in [4.78, 5) is 14.5. The quantitative estimate of drug-likeness (QED) is 0.469. The average molecular weight is 410 g/mol. The van der Waals surface area contributed by atoms with Crippen LogP contribution in [0.2, 0.25) is 0 Å². The second-order valence-electron chi connectivity index (χ2n) is 7.27. The molecule has 0 saturated carbocycles. The minimum atomic E-state index is -0.257. The lowest BCUT2D eigenvalue weighted by molar-refractivity contribution is -0.115. The van der Waals surface area contributed by atoms with E-state index in [1.807, 2.05) is 25.1 Å². The molecule has 0 aliphatic rings. The molecule has 0 aliphatic carbocycles. The predicted octanol–water partition coefficient (Wildman–Crippen LogP) is 5.49. The van der Waals surface area contributed by atoms with E-state index in [1.165, 1.54) is 17.3 Å². The van der Waals surface area contributed by atoms with Crippen LogP contribution in [0.3, 0.4) is 0 Å². The van der Waals surface area contributed by atoms with Gasteiger partial charge < -0.3 is 10.2 Å². The van der Waals surface area contributed by atoms with Crippen LogP contribution >= 0.6 is 12.2 Å². The Balaban J connectivity index is 1.93. The molecule has 0 radical (unpaired) electrons. The van der Waals surface area contributed by atoms with E-state index in [9.17, 15) is 4.79 Å². The number of rotatable bonds is 7. The first-order valence-corrected chi connectivity index (χ1v) is 10.5. The summed E-state index contributed by atoms with van der Waals surface area (Å²) in [6.07, 6.45) is 3.28. The molecule has 29 heavy (non-hydrogen) atoms. The monoisotopic (exact) mass is 409 g/mol. The Bertz CT molecular complexity index is 868. The van der Waals surface area contributed by atoms with Crippen LogP contribution in [0, 0.1) is 6.92 Å². The van der Waals surface area contributed by atoms with Crippen LogP contribution in [0.4, 0.5) is 11.4 Å². The number of hydrogen-bond acceptors (Lipinski definition) is 3. The van der Waals surface area contributed by atoms with E-state index in [-0.39, 0.29) is 11.0 Å². The highest BCUT2D eigenvalue weighted by atomic mass is 32.1. The molecule has 0 unspecified atom stereocenters. The maximum absolute atomic E-state index is 12.2. The second-order valence-corrected chi connectivity index (χ2v) is 7.68. The number of nitrogens with zero attached hydrogens (tertiary/aromatic N) is 1. The van der Waals surface area contributed by atoms with Crippen molar-refractivity contribution in [3.8, 4) is 0 Å². The maximum atomic E-state index is 12.2. The van der Waals surface area contributed by atoms with Crippen LogP contribution < -0.4 is 15.5 Å². The van der Waals surface area contributed by atoms with Crippen LogP contribution in [0.25, 0.3) is 6.08 Å². The standard InChI is InChI=1S/C24H31N3OS/c1-6-27(7-2)21-13-14-22(18(5)16-21)25-24(29)26-23(28)15-10-19-8-11-20(12-9-19)17(3)4/h8-17H,6-7H2,1-5H3,(H2,25,26,28,29)/b15-10+. The largest absolute Gasteiger partial charge is 0.372 e. The molecule has 2 aromatic carbocycles. The molecule has 1 amide bonds. The van der Waals surface area contributed by atoms with Gasteiger partial charge in [0.2, 0.25) is 5.91 Å². The smallest absolute Gasteiger partial charge is 0.250 e. The summed E-state index contributed by atoms with van der Waals surface area (Å²) < 4.78 is 0. The van der Waals surface area contributed by atoms with Crippen LogP contribution in [-0.2, 0) is 4.79 Å². The van der Waals surface area contributed by atoms with E-state index in [0.29, 0.717) is 5.92 Å². The van der Waals surface area contributed by atoms with E-state index in [4.69, 9.17) is 12.2 Å². The highest BCUT2D eigenvalue weighted by molar-refractivity contribution is 7.80. The Hall–Kier alpha value is -2.66. The Kier molecular flexibility index (Phi) is 8.40. The predicted molar refractivity (Wildman–Crippen MR) is 129 cm³/mol. The van der Waals surface area contributed by atoms with Crippen molar-refractivity contribution in [2.45, 2.75) is 40.5 Å². The summed E-state index contributed by atoms with van der Waals surface area (Å²) in [7, 11) is 0. The summed E-state index contributed by atoms with van der Waals surface area (Å²) in [5.74, 6) is 0.233. The molecule has 4 nitrogen and oxygen atoms in total. The average Bonchev–Trinajstić information content (AvgIpc) is 2.69. The lowest BCUT2D eigenvalue weighted by Crippen LogP contribution is -2.33. The van der Waals surface area contributed by atoms with Crippen molar-refractivity contribution < 1.29 is 4.79 Å². The van der Waals surface area contributed by atoms with Gasteiger partial charge in [0.1, 0.15) is 0 Å². The van der Waals surface area contributed by atoms with E-state index in [1.54, 1.807) is 6.08 Å². The minimum Gasteiger partial charge on any atom is -0.372 e. The van der Waals surface area contributed by atoms with Crippen molar-refractivity contribution in [1.29, 1.82) is 0 Å². The third-order valence-electron chi connectivity index (χ3n) is 4.85. The lowest BCUT2D eigenvalue weighted by atomic mass is 10.0. The van der Waals surface area contributed by atoms with Crippen molar-refractivity contribution >= 4 is 40.7 Å². The lowest BCUT2D eigenvalue weighted by Gasteiger charge is -2.22. The zero-order valence-corrected chi connectivity index (χ0v) is 18.8. The van der Waals surface area contributed by atoms with E-state index >= 15 is 0 Å². The third kappa shape index (κ3) is 6.71. The molecule has 0 aliphatic heterocycles. The Morgan fingerprint density at radius 2 is 1.76 bits per heavy atom. The number of carbonyl (C=O) groups is 1. The van der Waals surface area contributed by atoms with E-state index in [2.05, 4.69) is 67.5 Å². The topological polar surface area (TPSA) is 44.4 Å². The Morgan fingerprint density at radius 1 is 1.10 bits per heavy atom. The van der Waals surface area contributed by atoms with Gasteiger partial charge >= 0.3 is 0 Å². The summed E-state index contributed by atoms with van der Waals surface area (Å²) >= 11 is 5.29. The molecule has 0 aromatic heterocycles. The number of hydrogen-bond donors (Lipinski definition) is 2. The summed E-state index contributed by atoms with van der Waals surface area (Å²) in [6.45, 7) is 12.5. The van der Waals surface area contributed by atoms with Gasteiger partial charge in [-0.25, -0.2) is 0 Å². The first-order chi connectivity index (χ1) is 13.8. The molecular weight excluding hydrogens is 378 g/mol. The first-order valence-electron chi connectivity index (χ1n) is 10.1. The highest BCUT2D eigenvalue weighted by Crippen LogP contribution is 2.22. The van der Waals surface area contributed by atoms with Gasteiger partial charge in [-0.15, -0.1) is 0 Å². The van der Waals surface area contributed by atoms with Crippen molar-refractivity contribution in [3.63, 3.8) is 0 Å². The molecule has 2 rings (SSSR count). The SMILES string of the molecule is CCN(CC)c1ccc(NC(=S)NC(=O)/C=C/c2ccc(C(C)C)cc2)c(C)c1. The third-order valence-corrected chi connectivity index (χ3v) is 5.06. The normalized spacial score (nSPS) is 11.0. The van der Waals surface area contributed by atoms with Crippen molar-refractivity contribution in [2.24, 2.45) is 0 Å².